The molecule has 3 heteroatoms. The zero-order chi connectivity index (χ0) is 12.8. The molecule has 0 bridgehead atoms. The number of pyridine rings is 1. The van der Waals surface area contributed by atoms with Gasteiger partial charge in [-0.2, -0.15) is 0 Å². The molecule has 1 aliphatic rings. The third-order valence-electron chi connectivity index (χ3n) is 3.92. The molecule has 0 aromatic carbocycles. The summed E-state index contributed by atoms with van der Waals surface area (Å²) in [5, 5.41) is 13.4. The van der Waals surface area contributed by atoms with E-state index in [1.165, 1.54) is 31.2 Å². The van der Waals surface area contributed by atoms with Crippen molar-refractivity contribution in [2.45, 2.75) is 51.2 Å². The van der Waals surface area contributed by atoms with Crippen molar-refractivity contribution in [2.75, 3.05) is 6.54 Å². The minimum atomic E-state index is -0.216. The van der Waals surface area contributed by atoms with Crippen LogP contribution in [0.25, 0.3) is 0 Å². The summed E-state index contributed by atoms with van der Waals surface area (Å²) in [4.78, 5) is 4.11. The van der Waals surface area contributed by atoms with E-state index in [4.69, 9.17) is 0 Å². The molecule has 1 heterocycles. The molecule has 1 fully saturated rings. The Morgan fingerprint density at radius 3 is 2.89 bits per heavy atom. The average molecular weight is 248 g/mol. The molecule has 0 saturated heterocycles. The number of aliphatic hydroxyl groups is 1. The second-order valence-corrected chi connectivity index (χ2v) is 5.46. The number of nitrogens with zero attached hydrogens (tertiary/aromatic N) is 1. The van der Waals surface area contributed by atoms with Gasteiger partial charge in [-0.1, -0.05) is 31.7 Å². The lowest BCUT2D eigenvalue weighted by atomic mass is 10.00. The lowest BCUT2D eigenvalue weighted by molar-refractivity contribution is 0.137. The predicted octanol–water partition coefficient (Wildman–Crippen LogP) is 2.67. The van der Waals surface area contributed by atoms with Gasteiger partial charge in [0.05, 0.1) is 6.10 Å². The fraction of sp³-hybridized carbons (Fsp3) is 0.667. The highest BCUT2D eigenvalue weighted by Gasteiger charge is 2.19. The van der Waals surface area contributed by atoms with Crippen LogP contribution in [0.5, 0.6) is 0 Å². The SMILES string of the molecule is C[C@@H](NCC(O)CC1CCCC1)c1cccnc1. The van der Waals surface area contributed by atoms with Crippen molar-refractivity contribution >= 4 is 0 Å². The van der Waals surface area contributed by atoms with Gasteiger partial charge >= 0.3 is 0 Å². The fourth-order valence-corrected chi connectivity index (χ4v) is 2.78. The van der Waals surface area contributed by atoms with Crippen molar-refractivity contribution in [3.63, 3.8) is 0 Å². The Kier molecular flexibility index (Phi) is 5.14. The summed E-state index contributed by atoms with van der Waals surface area (Å²) in [7, 11) is 0. The van der Waals surface area contributed by atoms with Gasteiger partial charge in [-0.3, -0.25) is 4.98 Å². The van der Waals surface area contributed by atoms with Crippen LogP contribution < -0.4 is 5.32 Å². The first-order valence-corrected chi connectivity index (χ1v) is 7.07. The first-order valence-electron chi connectivity index (χ1n) is 7.07. The maximum atomic E-state index is 10.0. The Morgan fingerprint density at radius 2 is 2.22 bits per heavy atom. The lowest BCUT2D eigenvalue weighted by Crippen LogP contribution is -2.30. The maximum absolute atomic E-state index is 10.0. The molecule has 0 spiro atoms. The van der Waals surface area contributed by atoms with Gasteiger partial charge in [0, 0.05) is 25.0 Å². The van der Waals surface area contributed by atoms with Crippen LogP contribution in [0.15, 0.2) is 24.5 Å². The number of aliphatic hydroxyl groups excluding tert-OH is 1. The second kappa shape index (κ2) is 6.86. The molecule has 0 aliphatic heterocycles. The molecule has 0 amide bonds. The van der Waals surface area contributed by atoms with Gasteiger partial charge in [-0.05, 0) is 30.9 Å². The molecule has 0 radical (unpaired) electrons. The molecule has 2 N–H and O–H groups in total. The van der Waals surface area contributed by atoms with Crippen LogP contribution in [-0.4, -0.2) is 22.7 Å². The van der Waals surface area contributed by atoms with Crippen molar-refractivity contribution in [3.8, 4) is 0 Å². The van der Waals surface area contributed by atoms with Gasteiger partial charge in [-0.25, -0.2) is 0 Å². The largest absolute Gasteiger partial charge is 0.392 e. The summed E-state index contributed by atoms with van der Waals surface area (Å²) in [6.45, 7) is 2.78. The molecule has 2 atom stereocenters. The number of hydrogen-bond donors (Lipinski definition) is 2. The molecule has 2 rings (SSSR count). The van der Waals surface area contributed by atoms with E-state index in [9.17, 15) is 5.11 Å². The summed E-state index contributed by atoms with van der Waals surface area (Å²) >= 11 is 0. The Hall–Kier alpha value is -0.930. The first-order chi connectivity index (χ1) is 8.75. The summed E-state index contributed by atoms with van der Waals surface area (Å²) < 4.78 is 0. The van der Waals surface area contributed by atoms with E-state index in [1.807, 2.05) is 12.3 Å². The van der Waals surface area contributed by atoms with E-state index in [-0.39, 0.29) is 12.1 Å². The molecule has 3 nitrogen and oxygen atoms in total. The second-order valence-electron chi connectivity index (χ2n) is 5.46. The monoisotopic (exact) mass is 248 g/mol. The van der Waals surface area contributed by atoms with Crippen LogP contribution in [0.3, 0.4) is 0 Å². The Morgan fingerprint density at radius 1 is 1.44 bits per heavy atom. The van der Waals surface area contributed by atoms with Gasteiger partial charge in [0.15, 0.2) is 0 Å². The third-order valence-corrected chi connectivity index (χ3v) is 3.92. The van der Waals surface area contributed by atoms with Crippen molar-refractivity contribution < 1.29 is 5.11 Å². The van der Waals surface area contributed by atoms with Gasteiger partial charge in [0.25, 0.3) is 0 Å². The molecule has 1 aromatic rings. The Bertz CT molecular complexity index is 336. The van der Waals surface area contributed by atoms with Crippen LogP contribution in [0.2, 0.25) is 0 Å². The highest BCUT2D eigenvalue weighted by Crippen LogP contribution is 2.28. The third kappa shape index (κ3) is 4.07. The van der Waals surface area contributed by atoms with E-state index in [2.05, 4.69) is 23.3 Å². The fourth-order valence-electron chi connectivity index (χ4n) is 2.78. The summed E-state index contributed by atoms with van der Waals surface area (Å²) in [5.74, 6) is 0.746. The normalized spacial score (nSPS) is 19.9. The van der Waals surface area contributed by atoms with Crippen molar-refractivity contribution in [1.82, 2.24) is 10.3 Å². The summed E-state index contributed by atoms with van der Waals surface area (Å²) in [6, 6.07) is 4.26. The highest BCUT2D eigenvalue weighted by atomic mass is 16.3. The van der Waals surface area contributed by atoms with Crippen LogP contribution in [-0.2, 0) is 0 Å². The summed E-state index contributed by atoms with van der Waals surface area (Å²) in [5.41, 5.74) is 1.17. The molecular weight excluding hydrogens is 224 g/mol. The molecule has 1 unspecified atom stereocenters. The minimum absolute atomic E-state index is 0.216. The Labute approximate surface area is 110 Å². The molecule has 1 aromatic heterocycles. The Balaban J connectivity index is 1.70. The number of aromatic nitrogens is 1. The standard InChI is InChI=1S/C15H24N2O/c1-12(14-7-4-8-16-10-14)17-11-15(18)9-13-5-2-3-6-13/h4,7-8,10,12-13,15,17-18H,2-3,5-6,9,11H2,1H3/t12-,15?/m1/s1. The van der Waals surface area contributed by atoms with Gasteiger partial charge in [-0.15, -0.1) is 0 Å². The van der Waals surface area contributed by atoms with Crippen molar-refractivity contribution in [3.05, 3.63) is 30.1 Å². The van der Waals surface area contributed by atoms with Gasteiger partial charge in [0.1, 0.15) is 0 Å². The number of hydrogen-bond acceptors (Lipinski definition) is 3. The van der Waals surface area contributed by atoms with E-state index >= 15 is 0 Å². The summed E-state index contributed by atoms with van der Waals surface area (Å²) in [6.07, 6.45) is 9.68. The molecular formula is C15H24N2O. The molecule has 1 aliphatic carbocycles. The highest BCUT2D eigenvalue weighted by molar-refractivity contribution is 5.12. The smallest absolute Gasteiger partial charge is 0.0667 e. The lowest BCUT2D eigenvalue weighted by Gasteiger charge is -2.19. The van der Waals surface area contributed by atoms with Gasteiger partial charge < -0.3 is 10.4 Å². The quantitative estimate of drug-likeness (QED) is 0.813. The topological polar surface area (TPSA) is 45.1 Å². The van der Waals surface area contributed by atoms with Crippen LogP contribution in [0.4, 0.5) is 0 Å². The zero-order valence-corrected chi connectivity index (χ0v) is 11.2. The maximum Gasteiger partial charge on any atom is 0.0667 e. The van der Waals surface area contributed by atoms with Crippen LogP contribution in [0, 0.1) is 5.92 Å². The molecule has 100 valence electrons. The molecule has 1 saturated carbocycles. The molecule has 18 heavy (non-hydrogen) atoms. The van der Waals surface area contributed by atoms with Crippen molar-refractivity contribution in [2.24, 2.45) is 5.92 Å². The van der Waals surface area contributed by atoms with E-state index in [1.54, 1.807) is 6.20 Å². The average Bonchev–Trinajstić information content (AvgIpc) is 2.90. The number of nitrogens with one attached hydrogen (secondary N) is 1. The minimum Gasteiger partial charge on any atom is -0.392 e. The van der Waals surface area contributed by atoms with Crippen LogP contribution in [0.1, 0.15) is 50.6 Å². The zero-order valence-electron chi connectivity index (χ0n) is 11.2. The predicted molar refractivity (Wildman–Crippen MR) is 73.2 cm³/mol. The first kappa shape index (κ1) is 13.5. The van der Waals surface area contributed by atoms with E-state index in [0.29, 0.717) is 6.54 Å². The van der Waals surface area contributed by atoms with Crippen molar-refractivity contribution in [1.29, 1.82) is 0 Å². The number of rotatable bonds is 6. The van der Waals surface area contributed by atoms with Crippen LogP contribution >= 0.6 is 0 Å². The van der Waals surface area contributed by atoms with Gasteiger partial charge in [0.2, 0.25) is 0 Å². The van der Waals surface area contributed by atoms with E-state index in [0.717, 1.165) is 12.3 Å². The van der Waals surface area contributed by atoms with E-state index < -0.39 is 0 Å².